The average molecular weight is 423 g/mol. The first kappa shape index (κ1) is 31.9. The largest absolute Gasteiger partial charge is 0.480 e. The molecule has 29 heavy (non-hydrogen) atoms. The molecule has 0 amide bonds. The summed E-state index contributed by atoms with van der Waals surface area (Å²) in [5, 5.41) is 30.4. The zero-order valence-electron chi connectivity index (χ0n) is 18.7. The average Bonchev–Trinajstić information content (AvgIpc) is 2.62. The topological polar surface area (TPSA) is 142 Å². The fourth-order valence-corrected chi connectivity index (χ4v) is 1.73. The van der Waals surface area contributed by atoms with Crippen molar-refractivity contribution in [1.82, 2.24) is 20.4 Å². The van der Waals surface area contributed by atoms with E-state index in [1.165, 1.54) is 12.8 Å². The molecule has 0 aromatic carbocycles. The predicted molar refractivity (Wildman–Crippen MR) is 115 cm³/mol. The number of unbranched alkanes of at least 4 members (excludes halogenated alkanes) is 1. The molecule has 0 atom stereocenters. The van der Waals surface area contributed by atoms with E-state index in [9.17, 15) is 14.4 Å². The Morgan fingerprint density at radius 1 is 0.655 bits per heavy atom. The molecule has 0 saturated carbocycles. The highest BCUT2D eigenvalue weighted by atomic mass is 16.4. The number of rotatable bonds is 15. The fraction of sp³-hybridized carbons (Fsp3) is 0.842. The SMILES string of the molecule is CCCC.CCCN(C)CCNCC(=O)O.CN(CCNCC(=O)O)CC(=O)O. The molecule has 0 aromatic rings. The van der Waals surface area contributed by atoms with Gasteiger partial charge in [0.1, 0.15) is 0 Å². The molecule has 0 fully saturated rings. The molecule has 0 heterocycles. The van der Waals surface area contributed by atoms with Crippen LogP contribution in [0.25, 0.3) is 0 Å². The highest BCUT2D eigenvalue weighted by Gasteiger charge is 2.03. The predicted octanol–water partition coefficient (Wildman–Crippen LogP) is 0.486. The summed E-state index contributed by atoms with van der Waals surface area (Å²) in [6.07, 6.45) is 3.77. The van der Waals surface area contributed by atoms with Crippen molar-refractivity contribution in [1.29, 1.82) is 0 Å². The van der Waals surface area contributed by atoms with Crippen LogP contribution in [0.4, 0.5) is 0 Å². The molecule has 0 radical (unpaired) electrons. The fourth-order valence-electron chi connectivity index (χ4n) is 1.73. The molecular formula is C19H42N4O6. The molecular weight excluding hydrogens is 380 g/mol. The van der Waals surface area contributed by atoms with E-state index in [0.717, 1.165) is 26.1 Å². The number of hydrogen-bond donors (Lipinski definition) is 5. The van der Waals surface area contributed by atoms with Gasteiger partial charge in [0, 0.05) is 26.2 Å². The van der Waals surface area contributed by atoms with E-state index >= 15 is 0 Å². The summed E-state index contributed by atoms with van der Waals surface area (Å²) >= 11 is 0. The van der Waals surface area contributed by atoms with Gasteiger partial charge in [-0.25, -0.2) is 0 Å². The van der Waals surface area contributed by atoms with Crippen LogP contribution < -0.4 is 10.6 Å². The molecule has 0 bridgehead atoms. The second-order valence-corrected chi connectivity index (χ2v) is 6.58. The van der Waals surface area contributed by atoms with Crippen molar-refractivity contribution >= 4 is 17.9 Å². The molecule has 0 aromatic heterocycles. The van der Waals surface area contributed by atoms with Gasteiger partial charge in [0.15, 0.2) is 0 Å². The normalized spacial score (nSPS) is 10.0. The van der Waals surface area contributed by atoms with E-state index in [0.29, 0.717) is 13.1 Å². The maximum Gasteiger partial charge on any atom is 0.317 e. The number of nitrogens with zero attached hydrogens (tertiary/aromatic N) is 2. The lowest BCUT2D eigenvalue weighted by Crippen LogP contribution is -2.34. The third kappa shape index (κ3) is 37.6. The summed E-state index contributed by atoms with van der Waals surface area (Å²) in [7, 11) is 3.70. The number of carboxylic acid groups (broad SMARTS) is 3. The Morgan fingerprint density at radius 2 is 1.07 bits per heavy atom. The molecule has 0 spiro atoms. The standard InChI is InChI=1S/C8H18N2O2.C7H14N2O4.C4H10/c1-3-5-10(2)6-4-9-7-8(11)12;1-9(5-7(12)13)3-2-8-4-6(10)11;1-3-4-2/h9H,3-7H2,1-2H3,(H,11,12);8H,2-5H2,1H3,(H,10,11)(H,12,13);3-4H2,1-2H3. The lowest BCUT2D eigenvalue weighted by molar-refractivity contribution is -0.138. The number of nitrogens with one attached hydrogen (secondary N) is 2. The molecule has 0 unspecified atom stereocenters. The molecule has 0 aliphatic carbocycles. The van der Waals surface area contributed by atoms with Gasteiger partial charge < -0.3 is 30.9 Å². The second-order valence-electron chi connectivity index (χ2n) is 6.58. The summed E-state index contributed by atoms with van der Waals surface area (Å²) in [5.41, 5.74) is 0. The second kappa shape index (κ2) is 24.3. The summed E-state index contributed by atoms with van der Waals surface area (Å²) in [4.78, 5) is 34.1. The van der Waals surface area contributed by atoms with Crippen LogP contribution in [0, 0.1) is 0 Å². The van der Waals surface area contributed by atoms with Crippen molar-refractivity contribution in [3.8, 4) is 0 Å². The minimum absolute atomic E-state index is 0.0330. The lowest BCUT2D eigenvalue weighted by atomic mass is 10.4. The van der Waals surface area contributed by atoms with Crippen LogP contribution in [-0.4, -0.2) is 109 Å². The first-order valence-electron chi connectivity index (χ1n) is 10.0. The van der Waals surface area contributed by atoms with Crippen molar-refractivity contribution < 1.29 is 29.7 Å². The van der Waals surface area contributed by atoms with E-state index in [2.05, 4.69) is 36.3 Å². The highest BCUT2D eigenvalue weighted by molar-refractivity contribution is 5.69. The molecule has 174 valence electrons. The summed E-state index contributed by atoms with van der Waals surface area (Å²) in [6.45, 7) is 10.1. The first-order chi connectivity index (χ1) is 13.6. The number of carbonyl (C=O) groups is 3. The van der Waals surface area contributed by atoms with Crippen LogP contribution in [0.1, 0.15) is 40.0 Å². The Labute approximate surface area is 175 Å². The van der Waals surface area contributed by atoms with Crippen LogP contribution in [-0.2, 0) is 14.4 Å². The third-order valence-corrected chi connectivity index (χ3v) is 3.40. The van der Waals surface area contributed by atoms with Gasteiger partial charge in [-0.15, -0.1) is 0 Å². The minimum atomic E-state index is -0.916. The number of carboxylic acids is 3. The summed E-state index contributed by atoms with van der Waals surface area (Å²) in [6, 6.07) is 0. The molecule has 10 heteroatoms. The molecule has 0 aliphatic rings. The van der Waals surface area contributed by atoms with Gasteiger partial charge in [0.25, 0.3) is 0 Å². The highest BCUT2D eigenvalue weighted by Crippen LogP contribution is 1.83. The zero-order valence-corrected chi connectivity index (χ0v) is 18.7. The maximum absolute atomic E-state index is 10.2. The van der Waals surface area contributed by atoms with Gasteiger partial charge in [0.05, 0.1) is 19.6 Å². The zero-order chi connectivity index (χ0) is 23.1. The summed E-state index contributed by atoms with van der Waals surface area (Å²) in [5.74, 6) is -2.60. The molecule has 0 aliphatic heterocycles. The molecule has 5 N–H and O–H groups in total. The number of aliphatic carboxylic acids is 3. The van der Waals surface area contributed by atoms with Gasteiger partial charge in [-0.1, -0.05) is 33.6 Å². The van der Waals surface area contributed by atoms with Crippen molar-refractivity contribution in [2.45, 2.75) is 40.0 Å². The van der Waals surface area contributed by atoms with E-state index in [4.69, 9.17) is 15.3 Å². The Balaban J connectivity index is -0.000000394. The van der Waals surface area contributed by atoms with Crippen LogP contribution in [0.5, 0.6) is 0 Å². The Morgan fingerprint density at radius 3 is 1.38 bits per heavy atom. The van der Waals surface area contributed by atoms with Gasteiger partial charge in [0.2, 0.25) is 0 Å². The van der Waals surface area contributed by atoms with Crippen molar-refractivity contribution in [2.75, 3.05) is 66.5 Å². The molecule has 0 rings (SSSR count). The minimum Gasteiger partial charge on any atom is -0.480 e. The lowest BCUT2D eigenvalue weighted by Gasteiger charge is -2.14. The molecule has 0 saturated heterocycles. The smallest absolute Gasteiger partial charge is 0.317 e. The Kier molecular flexibility index (Phi) is 26.7. The summed E-state index contributed by atoms with van der Waals surface area (Å²) < 4.78 is 0. The van der Waals surface area contributed by atoms with E-state index in [1.807, 2.05) is 7.05 Å². The third-order valence-electron chi connectivity index (χ3n) is 3.40. The number of hydrogen-bond acceptors (Lipinski definition) is 7. The monoisotopic (exact) mass is 422 g/mol. The van der Waals surface area contributed by atoms with E-state index in [1.54, 1.807) is 11.9 Å². The van der Waals surface area contributed by atoms with Crippen molar-refractivity contribution in [2.24, 2.45) is 0 Å². The van der Waals surface area contributed by atoms with Gasteiger partial charge in [-0.05, 0) is 27.1 Å². The van der Waals surface area contributed by atoms with Crippen molar-refractivity contribution in [3.63, 3.8) is 0 Å². The van der Waals surface area contributed by atoms with E-state index < -0.39 is 17.9 Å². The van der Waals surface area contributed by atoms with Crippen LogP contribution in [0.2, 0.25) is 0 Å². The van der Waals surface area contributed by atoms with Gasteiger partial charge >= 0.3 is 17.9 Å². The Hall–Kier alpha value is -1.75. The van der Waals surface area contributed by atoms with Crippen LogP contribution in [0.3, 0.4) is 0 Å². The molecule has 10 nitrogen and oxygen atoms in total. The number of likely N-dealkylation sites (N-methyl/N-ethyl adjacent to an activating group) is 2. The van der Waals surface area contributed by atoms with Gasteiger partial charge in [-0.2, -0.15) is 0 Å². The quantitative estimate of drug-likeness (QED) is 0.237. The Bertz CT molecular complexity index is 408. The van der Waals surface area contributed by atoms with Crippen molar-refractivity contribution in [3.05, 3.63) is 0 Å². The van der Waals surface area contributed by atoms with Crippen LogP contribution >= 0.6 is 0 Å². The van der Waals surface area contributed by atoms with E-state index in [-0.39, 0.29) is 19.6 Å². The first-order valence-corrected chi connectivity index (χ1v) is 10.0. The van der Waals surface area contributed by atoms with Crippen LogP contribution in [0.15, 0.2) is 0 Å². The van der Waals surface area contributed by atoms with Gasteiger partial charge in [-0.3, -0.25) is 19.3 Å². The maximum atomic E-state index is 10.2.